The Bertz CT molecular complexity index is 805. The number of hydrogen-bond acceptors (Lipinski definition) is 4. The van der Waals surface area contributed by atoms with Crippen molar-refractivity contribution in [3.63, 3.8) is 0 Å². The number of thiazole rings is 1. The Morgan fingerprint density at radius 1 is 1.41 bits per heavy atom. The van der Waals surface area contributed by atoms with E-state index in [1.807, 2.05) is 5.38 Å². The summed E-state index contributed by atoms with van der Waals surface area (Å²) in [5.41, 5.74) is 0.220. The van der Waals surface area contributed by atoms with E-state index in [4.69, 9.17) is 0 Å². The van der Waals surface area contributed by atoms with E-state index in [0.717, 1.165) is 37.3 Å². The standard InChI is InChI=1S/C19H22F3N3OS/c1-13-5-4-8-24(10-13)11-16-12-27-18(23-16)25(14(2)26)17-7-3-6-15(9-17)19(20,21)22/h3,6-7,9,12-13H,4-5,8,10-11H2,1-2H3/t13-/m0/s1. The second-order valence-electron chi connectivity index (χ2n) is 7.01. The topological polar surface area (TPSA) is 36.4 Å². The number of hydrogen-bond donors (Lipinski definition) is 0. The Morgan fingerprint density at radius 3 is 2.85 bits per heavy atom. The number of alkyl halides is 3. The Hall–Kier alpha value is -1.93. The van der Waals surface area contributed by atoms with Crippen LogP contribution in [0.1, 0.15) is 37.9 Å². The molecular formula is C19H22F3N3OS. The summed E-state index contributed by atoms with van der Waals surface area (Å²) >= 11 is 1.27. The third-order valence-electron chi connectivity index (χ3n) is 4.60. The normalized spacial score (nSPS) is 18.5. The van der Waals surface area contributed by atoms with E-state index in [-0.39, 0.29) is 11.6 Å². The third-order valence-corrected chi connectivity index (χ3v) is 5.48. The largest absolute Gasteiger partial charge is 0.416 e. The van der Waals surface area contributed by atoms with E-state index in [9.17, 15) is 18.0 Å². The summed E-state index contributed by atoms with van der Waals surface area (Å²) < 4.78 is 39.0. The Kier molecular flexibility index (Phi) is 5.86. The molecular weight excluding hydrogens is 375 g/mol. The quantitative estimate of drug-likeness (QED) is 0.722. The summed E-state index contributed by atoms with van der Waals surface area (Å²) in [7, 11) is 0. The maximum absolute atomic E-state index is 13.0. The molecule has 27 heavy (non-hydrogen) atoms. The highest BCUT2D eigenvalue weighted by atomic mass is 32.1. The molecule has 0 saturated carbocycles. The van der Waals surface area contributed by atoms with Crippen molar-refractivity contribution < 1.29 is 18.0 Å². The number of anilines is 2. The van der Waals surface area contributed by atoms with Gasteiger partial charge < -0.3 is 0 Å². The molecule has 1 aromatic heterocycles. The van der Waals surface area contributed by atoms with Gasteiger partial charge in [-0.1, -0.05) is 13.0 Å². The van der Waals surface area contributed by atoms with Gasteiger partial charge in [0.2, 0.25) is 5.91 Å². The molecule has 0 aliphatic carbocycles. The number of aromatic nitrogens is 1. The lowest BCUT2D eigenvalue weighted by atomic mass is 10.0. The number of halogens is 3. The van der Waals surface area contributed by atoms with Gasteiger partial charge in [-0.15, -0.1) is 11.3 Å². The van der Waals surface area contributed by atoms with Crippen LogP contribution in [0.15, 0.2) is 29.6 Å². The molecule has 1 fully saturated rings. The van der Waals surface area contributed by atoms with Gasteiger partial charge in [-0.25, -0.2) is 4.98 Å². The molecule has 1 amide bonds. The fourth-order valence-electron chi connectivity index (χ4n) is 3.38. The van der Waals surface area contributed by atoms with Crippen LogP contribution in [0.3, 0.4) is 0 Å². The summed E-state index contributed by atoms with van der Waals surface area (Å²) in [6.07, 6.45) is -2.08. The van der Waals surface area contributed by atoms with E-state index in [0.29, 0.717) is 17.6 Å². The van der Waals surface area contributed by atoms with Crippen LogP contribution in [0.25, 0.3) is 0 Å². The van der Waals surface area contributed by atoms with Crippen molar-refractivity contribution in [2.45, 2.75) is 39.4 Å². The van der Waals surface area contributed by atoms with Gasteiger partial charge in [-0.05, 0) is 43.5 Å². The number of nitrogens with zero attached hydrogens (tertiary/aromatic N) is 3. The average molecular weight is 397 g/mol. The molecule has 0 N–H and O–H groups in total. The number of rotatable bonds is 4. The fourth-order valence-corrected chi connectivity index (χ4v) is 4.26. The second-order valence-corrected chi connectivity index (χ2v) is 7.84. The molecule has 0 radical (unpaired) electrons. The molecule has 2 aromatic rings. The lowest BCUT2D eigenvalue weighted by molar-refractivity contribution is -0.137. The summed E-state index contributed by atoms with van der Waals surface area (Å²) in [6, 6.07) is 4.77. The molecule has 1 atom stereocenters. The summed E-state index contributed by atoms with van der Waals surface area (Å²) in [5, 5.41) is 2.26. The minimum atomic E-state index is -4.46. The van der Waals surface area contributed by atoms with E-state index in [1.165, 1.54) is 41.7 Å². The van der Waals surface area contributed by atoms with Gasteiger partial charge in [0.1, 0.15) is 0 Å². The molecule has 4 nitrogen and oxygen atoms in total. The zero-order valence-corrected chi connectivity index (χ0v) is 16.1. The molecule has 0 unspecified atom stereocenters. The van der Waals surface area contributed by atoms with Crippen molar-refractivity contribution in [2.24, 2.45) is 5.92 Å². The maximum atomic E-state index is 13.0. The predicted molar refractivity (Wildman–Crippen MR) is 100 cm³/mol. The van der Waals surface area contributed by atoms with Crippen LogP contribution >= 0.6 is 11.3 Å². The zero-order valence-electron chi connectivity index (χ0n) is 15.3. The van der Waals surface area contributed by atoms with Crippen LogP contribution in [0.2, 0.25) is 0 Å². The zero-order chi connectivity index (χ0) is 19.6. The van der Waals surface area contributed by atoms with Gasteiger partial charge in [0, 0.05) is 25.4 Å². The number of carbonyl (C=O) groups is 1. The molecule has 146 valence electrons. The van der Waals surface area contributed by atoms with Crippen LogP contribution in [0.4, 0.5) is 24.0 Å². The molecule has 8 heteroatoms. The van der Waals surface area contributed by atoms with Crippen molar-refractivity contribution in [1.82, 2.24) is 9.88 Å². The van der Waals surface area contributed by atoms with Crippen LogP contribution in [-0.4, -0.2) is 28.9 Å². The van der Waals surface area contributed by atoms with Gasteiger partial charge in [0.25, 0.3) is 0 Å². The minimum absolute atomic E-state index is 0.171. The highest BCUT2D eigenvalue weighted by Crippen LogP contribution is 2.35. The van der Waals surface area contributed by atoms with Crippen molar-refractivity contribution in [3.8, 4) is 0 Å². The van der Waals surface area contributed by atoms with Gasteiger partial charge in [-0.3, -0.25) is 14.6 Å². The van der Waals surface area contributed by atoms with Gasteiger partial charge in [0.15, 0.2) is 5.13 Å². The number of benzene rings is 1. The van der Waals surface area contributed by atoms with Crippen molar-refractivity contribution in [3.05, 3.63) is 40.9 Å². The van der Waals surface area contributed by atoms with E-state index in [1.54, 1.807) is 0 Å². The maximum Gasteiger partial charge on any atom is 0.416 e. The van der Waals surface area contributed by atoms with Crippen molar-refractivity contribution in [2.75, 3.05) is 18.0 Å². The highest BCUT2D eigenvalue weighted by molar-refractivity contribution is 7.14. The lowest BCUT2D eigenvalue weighted by Gasteiger charge is -2.30. The molecule has 0 spiro atoms. The van der Waals surface area contributed by atoms with Crippen LogP contribution in [-0.2, 0) is 17.5 Å². The summed E-state index contributed by atoms with van der Waals surface area (Å²) in [6.45, 7) is 6.27. The van der Waals surface area contributed by atoms with Gasteiger partial charge in [-0.2, -0.15) is 13.2 Å². The SMILES string of the molecule is CC(=O)N(c1cccc(C(F)(F)F)c1)c1nc(CN2CCC[C@H](C)C2)cs1. The number of likely N-dealkylation sites (tertiary alicyclic amines) is 1. The Balaban J connectivity index is 1.82. The third kappa shape index (κ3) is 4.87. The second kappa shape index (κ2) is 7.98. The van der Waals surface area contributed by atoms with Gasteiger partial charge >= 0.3 is 6.18 Å². The minimum Gasteiger partial charge on any atom is -0.297 e. The Labute approximate surface area is 160 Å². The summed E-state index contributed by atoms with van der Waals surface area (Å²) in [5.74, 6) is 0.275. The molecule has 1 aliphatic rings. The molecule has 1 saturated heterocycles. The smallest absolute Gasteiger partial charge is 0.297 e. The first kappa shape index (κ1) is 19.8. The molecule has 3 rings (SSSR count). The first-order valence-corrected chi connectivity index (χ1v) is 9.76. The van der Waals surface area contributed by atoms with Crippen LogP contribution in [0, 0.1) is 5.92 Å². The number of piperidine rings is 1. The average Bonchev–Trinajstić information content (AvgIpc) is 3.02. The van der Waals surface area contributed by atoms with E-state index < -0.39 is 11.7 Å². The summed E-state index contributed by atoms with van der Waals surface area (Å²) in [4.78, 5) is 20.2. The first-order valence-electron chi connectivity index (χ1n) is 8.89. The number of amides is 1. The van der Waals surface area contributed by atoms with Crippen LogP contribution in [0.5, 0.6) is 0 Å². The number of carbonyl (C=O) groups excluding carboxylic acids is 1. The van der Waals surface area contributed by atoms with Crippen molar-refractivity contribution >= 4 is 28.1 Å². The lowest BCUT2D eigenvalue weighted by Crippen LogP contribution is -2.33. The van der Waals surface area contributed by atoms with Crippen LogP contribution < -0.4 is 4.90 Å². The molecule has 0 bridgehead atoms. The van der Waals surface area contributed by atoms with Gasteiger partial charge in [0.05, 0.1) is 16.9 Å². The fraction of sp³-hybridized carbons (Fsp3) is 0.474. The highest BCUT2D eigenvalue weighted by Gasteiger charge is 2.31. The van der Waals surface area contributed by atoms with E-state index >= 15 is 0 Å². The van der Waals surface area contributed by atoms with Crippen molar-refractivity contribution in [1.29, 1.82) is 0 Å². The first-order chi connectivity index (χ1) is 12.7. The predicted octanol–water partition coefficient (Wildman–Crippen LogP) is 5.08. The molecule has 1 aromatic carbocycles. The van der Waals surface area contributed by atoms with E-state index in [2.05, 4.69) is 16.8 Å². The molecule has 2 heterocycles. The Morgan fingerprint density at radius 2 is 2.19 bits per heavy atom. The molecule has 1 aliphatic heterocycles. The monoisotopic (exact) mass is 397 g/mol.